The molecule has 0 aliphatic heterocycles. The van der Waals surface area contributed by atoms with E-state index in [9.17, 15) is 14.4 Å². The van der Waals surface area contributed by atoms with Crippen LogP contribution in [0.2, 0.25) is 5.02 Å². The van der Waals surface area contributed by atoms with E-state index in [0.29, 0.717) is 39.0 Å². The van der Waals surface area contributed by atoms with Crippen LogP contribution in [0.1, 0.15) is 26.7 Å². The minimum Gasteiger partial charge on any atom is -0.497 e. The summed E-state index contributed by atoms with van der Waals surface area (Å²) in [6.45, 7) is 0. The molecule has 0 saturated carbocycles. The first kappa shape index (κ1) is 33.8. The summed E-state index contributed by atoms with van der Waals surface area (Å²) < 4.78 is 10.8. The van der Waals surface area contributed by atoms with Gasteiger partial charge in [0.2, 0.25) is 5.91 Å². The molecule has 5 aromatic carbocycles. The molecular formula is C38H32ClN3O5S. The van der Waals surface area contributed by atoms with Crippen LogP contribution < -0.4 is 25.4 Å². The molecule has 0 spiro atoms. The zero-order chi connectivity index (χ0) is 33.9. The van der Waals surface area contributed by atoms with Gasteiger partial charge in [-0.15, -0.1) is 11.8 Å². The predicted octanol–water partition coefficient (Wildman–Crippen LogP) is 8.24. The van der Waals surface area contributed by atoms with Crippen molar-refractivity contribution in [1.82, 2.24) is 5.32 Å². The van der Waals surface area contributed by atoms with Crippen molar-refractivity contribution in [3.63, 3.8) is 0 Å². The molecule has 0 bridgehead atoms. The van der Waals surface area contributed by atoms with Crippen LogP contribution in [0.3, 0.4) is 0 Å². The molecule has 3 amide bonds. The lowest BCUT2D eigenvalue weighted by molar-refractivity contribution is -0.116. The molecular weight excluding hydrogens is 646 g/mol. The van der Waals surface area contributed by atoms with Crippen LogP contribution in [0.15, 0.2) is 138 Å². The summed E-state index contributed by atoms with van der Waals surface area (Å²) in [5, 5.41) is 8.37. The number of carbonyl (C=O) groups excluding carboxylic acids is 3. The summed E-state index contributed by atoms with van der Waals surface area (Å²) in [5.74, 6) is -0.201. The highest BCUT2D eigenvalue weighted by Crippen LogP contribution is 2.38. The maximum atomic E-state index is 13.8. The van der Waals surface area contributed by atoms with Gasteiger partial charge in [-0.2, -0.15) is 0 Å². The SMILES string of the molecule is COc1ccc(NC(=O)C(Sc2cccc(NC(=O)/C(=C\c3ccccc3Cl)NC(=O)c3ccccc3)c2)c2ccccc2)c(OC)c1. The molecule has 8 nitrogen and oxygen atoms in total. The molecule has 0 radical (unpaired) electrons. The quantitative estimate of drug-likeness (QED) is 0.0908. The molecule has 0 saturated heterocycles. The number of ether oxygens (including phenoxy) is 2. The first-order chi connectivity index (χ1) is 23.3. The number of halogens is 1. The van der Waals surface area contributed by atoms with Crippen molar-refractivity contribution in [3.8, 4) is 11.5 Å². The monoisotopic (exact) mass is 677 g/mol. The Morgan fingerprint density at radius 2 is 1.46 bits per heavy atom. The Balaban J connectivity index is 1.39. The molecule has 1 atom stereocenters. The summed E-state index contributed by atoms with van der Waals surface area (Å²) in [7, 11) is 3.08. The molecule has 0 aromatic heterocycles. The van der Waals surface area contributed by atoms with E-state index < -0.39 is 17.1 Å². The Bertz CT molecular complexity index is 1940. The smallest absolute Gasteiger partial charge is 0.272 e. The number of thioether (sulfide) groups is 1. The van der Waals surface area contributed by atoms with Crippen molar-refractivity contribution in [1.29, 1.82) is 0 Å². The van der Waals surface area contributed by atoms with Gasteiger partial charge in [-0.1, -0.05) is 84.4 Å². The Hall–Kier alpha value is -5.51. The Morgan fingerprint density at radius 3 is 2.17 bits per heavy atom. The second kappa shape index (κ2) is 16.4. The molecule has 3 N–H and O–H groups in total. The molecule has 0 aliphatic rings. The van der Waals surface area contributed by atoms with Gasteiger partial charge in [-0.25, -0.2) is 0 Å². The second-order valence-electron chi connectivity index (χ2n) is 10.3. The number of carbonyl (C=O) groups is 3. The summed E-state index contributed by atoms with van der Waals surface area (Å²) in [5.41, 5.74) is 2.72. The van der Waals surface area contributed by atoms with E-state index in [4.69, 9.17) is 21.1 Å². The fraction of sp³-hybridized carbons (Fsp3) is 0.0789. The third-order valence-electron chi connectivity index (χ3n) is 7.09. The molecule has 0 aliphatic carbocycles. The minimum absolute atomic E-state index is 0.00462. The Labute approximate surface area is 288 Å². The lowest BCUT2D eigenvalue weighted by Gasteiger charge is -2.19. The van der Waals surface area contributed by atoms with E-state index in [1.807, 2.05) is 36.4 Å². The molecule has 1 unspecified atom stereocenters. The standard InChI is InChI=1S/C38H32ClN3O5S/c1-46-29-20-21-32(34(24-29)47-2)41-38(45)35(25-12-5-3-6-13-25)48-30-18-11-17-28(23-30)40-37(44)33(22-27-16-9-10-19-31(27)39)42-36(43)26-14-7-4-8-15-26/h3-24,35H,1-2H3,(H,40,44)(H,41,45)(H,42,43)/b33-22+. The molecule has 0 fully saturated rings. The van der Waals surface area contributed by atoms with E-state index in [-0.39, 0.29) is 11.6 Å². The molecule has 48 heavy (non-hydrogen) atoms. The summed E-state index contributed by atoms with van der Waals surface area (Å²) in [4.78, 5) is 41.2. The normalized spacial score (nSPS) is 11.6. The van der Waals surface area contributed by atoms with E-state index in [2.05, 4.69) is 16.0 Å². The largest absolute Gasteiger partial charge is 0.497 e. The number of amides is 3. The second-order valence-corrected chi connectivity index (χ2v) is 11.9. The van der Waals surface area contributed by atoms with Gasteiger partial charge in [0.25, 0.3) is 11.8 Å². The maximum Gasteiger partial charge on any atom is 0.272 e. The van der Waals surface area contributed by atoms with Crippen LogP contribution in [0.4, 0.5) is 11.4 Å². The number of hydrogen-bond acceptors (Lipinski definition) is 6. The molecule has 10 heteroatoms. The number of anilines is 2. The zero-order valence-corrected chi connectivity index (χ0v) is 27.7. The predicted molar refractivity (Wildman–Crippen MR) is 192 cm³/mol. The van der Waals surface area contributed by atoms with Crippen molar-refractivity contribution in [2.45, 2.75) is 10.1 Å². The van der Waals surface area contributed by atoms with Crippen LogP contribution in [0.25, 0.3) is 6.08 Å². The third-order valence-corrected chi connectivity index (χ3v) is 8.68. The van der Waals surface area contributed by atoms with Gasteiger partial charge in [-0.3, -0.25) is 14.4 Å². The number of rotatable bonds is 12. The number of methoxy groups -OCH3 is 2. The summed E-state index contributed by atoms with van der Waals surface area (Å²) >= 11 is 7.70. The van der Waals surface area contributed by atoms with Crippen molar-refractivity contribution >= 4 is 58.5 Å². The molecule has 5 rings (SSSR count). The van der Waals surface area contributed by atoms with Crippen LogP contribution >= 0.6 is 23.4 Å². The van der Waals surface area contributed by atoms with E-state index in [1.165, 1.54) is 24.9 Å². The fourth-order valence-electron chi connectivity index (χ4n) is 4.67. The number of benzene rings is 5. The molecule has 0 heterocycles. The van der Waals surface area contributed by atoms with Gasteiger partial charge in [0, 0.05) is 27.2 Å². The van der Waals surface area contributed by atoms with Crippen molar-refractivity contribution in [2.24, 2.45) is 0 Å². The van der Waals surface area contributed by atoms with Crippen LogP contribution in [0.5, 0.6) is 11.5 Å². The lowest BCUT2D eigenvalue weighted by Crippen LogP contribution is -2.30. The first-order valence-corrected chi connectivity index (χ1v) is 16.1. The topological polar surface area (TPSA) is 106 Å². The van der Waals surface area contributed by atoms with Gasteiger partial charge in [0.1, 0.15) is 22.4 Å². The average Bonchev–Trinajstić information content (AvgIpc) is 3.12. The summed E-state index contributed by atoms with van der Waals surface area (Å²) in [6.07, 6.45) is 1.53. The van der Waals surface area contributed by atoms with Gasteiger partial charge >= 0.3 is 0 Å². The van der Waals surface area contributed by atoms with Crippen molar-refractivity contribution < 1.29 is 23.9 Å². The van der Waals surface area contributed by atoms with Gasteiger partial charge in [0.05, 0.1) is 19.9 Å². The van der Waals surface area contributed by atoms with Crippen LogP contribution in [-0.4, -0.2) is 31.9 Å². The van der Waals surface area contributed by atoms with E-state index in [1.54, 1.807) is 98.1 Å². The van der Waals surface area contributed by atoms with Crippen molar-refractivity contribution in [3.05, 3.63) is 155 Å². The molecule has 242 valence electrons. The maximum absolute atomic E-state index is 13.8. The van der Waals surface area contributed by atoms with E-state index in [0.717, 1.165) is 10.5 Å². The van der Waals surface area contributed by atoms with Gasteiger partial charge in [0.15, 0.2) is 0 Å². The van der Waals surface area contributed by atoms with E-state index >= 15 is 0 Å². The Kier molecular flexibility index (Phi) is 11.5. The first-order valence-electron chi connectivity index (χ1n) is 14.8. The highest BCUT2D eigenvalue weighted by atomic mass is 35.5. The highest BCUT2D eigenvalue weighted by Gasteiger charge is 2.24. The summed E-state index contributed by atoms with van der Waals surface area (Å²) in [6, 6.07) is 37.3. The van der Waals surface area contributed by atoms with Gasteiger partial charge in [-0.05, 0) is 65.7 Å². The third kappa shape index (κ3) is 8.85. The molecule has 5 aromatic rings. The average molecular weight is 678 g/mol. The highest BCUT2D eigenvalue weighted by molar-refractivity contribution is 8.00. The minimum atomic E-state index is -0.648. The fourth-order valence-corrected chi connectivity index (χ4v) is 5.95. The number of hydrogen-bond donors (Lipinski definition) is 3. The van der Waals surface area contributed by atoms with Crippen LogP contribution in [0, 0.1) is 0 Å². The number of nitrogens with one attached hydrogen (secondary N) is 3. The zero-order valence-electron chi connectivity index (χ0n) is 26.1. The van der Waals surface area contributed by atoms with Crippen molar-refractivity contribution in [2.75, 3.05) is 24.9 Å². The van der Waals surface area contributed by atoms with Crippen LogP contribution in [-0.2, 0) is 9.59 Å². The Morgan fingerprint density at radius 1 is 0.750 bits per heavy atom. The van der Waals surface area contributed by atoms with Gasteiger partial charge < -0.3 is 25.4 Å². The lowest BCUT2D eigenvalue weighted by atomic mass is 10.1.